The highest BCUT2D eigenvalue weighted by molar-refractivity contribution is 5.94. The molecule has 0 saturated carbocycles. The molecule has 1 amide bonds. The number of benzene rings is 1. The van der Waals surface area contributed by atoms with Crippen LogP contribution in [0.5, 0.6) is 5.75 Å². The summed E-state index contributed by atoms with van der Waals surface area (Å²) in [5.41, 5.74) is 1.37. The van der Waals surface area contributed by atoms with E-state index in [1.807, 2.05) is 4.90 Å². The zero-order chi connectivity index (χ0) is 16.9. The molecule has 0 spiro atoms. The van der Waals surface area contributed by atoms with Gasteiger partial charge >= 0.3 is 0 Å². The van der Waals surface area contributed by atoms with Gasteiger partial charge in [0.2, 0.25) is 0 Å². The summed E-state index contributed by atoms with van der Waals surface area (Å²) in [5, 5.41) is 3.38. The van der Waals surface area contributed by atoms with Gasteiger partial charge in [-0.1, -0.05) is 0 Å². The number of carbonyl (C=O) groups excluding carboxylic acids is 1. The lowest BCUT2D eigenvalue weighted by Crippen LogP contribution is -2.35. The van der Waals surface area contributed by atoms with E-state index in [4.69, 9.17) is 4.74 Å². The van der Waals surface area contributed by atoms with E-state index in [9.17, 15) is 9.18 Å². The zero-order valence-corrected chi connectivity index (χ0v) is 13.5. The minimum absolute atomic E-state index is 0.00395. The number of ether oxygens (including phenoxy) is 1. The number of aromatic nitrogens is 1. The number of amides is 1. The molecule has 1 saturated heterocycles. The van der Waals surface area contributed by atoms with Gasteiger partial charge in [0.05, 0.1) is 12.7 Å². The Labute approximate surface area is 140 Å². The SMILES string of the molecule is COc1ccc(F)cc1CNC1CCN(C(=O)c2cccnc2)C1. The van der Waals surface area contributed by atoms with Crippen molar-refractivity contribution in [3.05, 3.63) is 59.7 Å². The summed E-state index contributed by atoms with van der Waals surface area (Å²) >= 11 is 0. The second-order valence-electron chi connectivity index (χ2n) is 5.82. The normalized spacial score (nSPS) is 17.1. The quantitative estimate of drug-likeness (QED) is 0.914. The van der Waals surface area contributed by atoms with Crippen LogP contribution in [0.15, 0.2) is 42.7 Å². The predicted octanol–water partition coefficient (Wildman–Crippen LogP) is 2.23. The maximum absolute atomic E-state index is 13.4. The van der Waals surface area contributed by atoms with Crippen LogP contribution in [0, 0.1) is 5.82 Å². The van der Waals surface area contributed by atoms with E-state index in [1.165, 1.54) is 12.1 Å². The van der Waals surface area contributed by atoms with Gasteiger partial charge in [-0.3, -0.25) is 9.78 Å². The maximum atomic E-state index is 13.4. The van der Waals surface area contributed by atoms with Crippen LogP contribution in [0.2, 0.25) is 0 Å². The molecular weight excluding hydrogens is 309 g/mol. The summed E-state index contributed by atoms with van der Waals surface area (Å²) in [6.45, 7) is 1.83. The number of nitrogens with one attached hydrogen (secondary N) is 1. The number of hydrogen-bond acceptors (Lipinski definition) is 4. The lowest BCUT2D eigenvalue weighted by molar-refractivity contribution is 0.0789. The molecule has 0 bridgehead atoms. The number of hydrogen-bond donors (Lipinski definition) is 1. The standard InChI is InChI=1S/C18H20FN3O2/c1-24-17-5-4-15(19)9-14(17)11-21-16-6-8-22(12-16)18(23)13-3-2-7-20-10-13/h2-5,7,9-10,16,21H,6,8,11-12H2,1H3. The lowest BCUT2D eigenvalue weighted by atomic mass is 10.1. The fourth-order valence-electron chi connectivity index (χ4n) is 2.92. The average Bonchev–Trinajstić information content (AvgIpc) is 3.09. The Morgan fingerprint density at radius 3 is 3.08 bits per heavy atom. The molecule has 126 valence electrons. The predicted molar refractivity (Wildman–Crippen MR) is 88.3 cm³/mol. The molecule has 1 aromatic carbocycles. The van der Waals surface area contributed by atoms with Crippen molar-refractivity contribution in [3.63, 3.8) is 0 Å². The Balaban J connectivity index is 1.57. The third kappa shape index (κ3) is 3.71. The van der Waals surface area contributed by atoms with Crippen molar-refractivity contribution in [2.24, 2.45) is 0 Å². The number of nitrogens with zero attached hydrogens (tertiary/aromatic N) is 2. The first-order valence-electron chi connectivity index (χ1n) is 7.92. The minimum atomic E-state index is -0.285. The number of pyridine rings is 1. The van der Waals surface area contributed by atoms with Gasteiger partial charge in [0.15, 0.2) is 0 Å². The van der Waals surface area contributed by atoms with E-state index in [0.29, 0.717) is 30.9 Å². The van der Waals surface area contributed by atoms with Gasteiger partial charge in [-0.15, -0.1) is 0 Å². The van der Waals surface area contributed by atoms with Crippen LogP contribution >= 0.6 is 0 Å². The molecule has 1 aliphatic rings. The van der Waals surface area contributed by atoms with Crippen LogP contribution in [0.4, 0.5) is 4.39 Å². The Morgan fingerprint density at radius 2 is 2.33 bits per heavy atom. The van der Waals surface area contributed by atoms with E-state index in [0.717, 1.165) is 12.0 Å². The number of rotatable bonds is 5. The molecule has 2 aromatic rings. The summed E-state index contributed by atoms with van der Waals surface area (Å²) in [7, 11) is 1.57. The Kier molecular flexibility index (Phi) is 5.05. The van der Waals surface area contributed by atoms with Crippen molar-refractivity contribution in [2.45, 2.75) is 19.0 Å². The highest BCUT2D eigenvalue weighted by atomic mass is 19.1. The lowest BCUT2D eigenvalue weighted by Gasteiger charge is -2.17. The molecule has 3 rings (SSSR count). The molecular formula is C18H20FN3O2. The highest BCUT2D eigenvalue weighted by Gasteiger charge is 2.26. The monoisotopic (exact) mass is 329 g/mol. The molecule has 5 nitrogen and oxygen atoms in total. The van der Waals surface area contributed by atoms with Crippen LogP contribution in [0.25, 0.3) is 0 Å². The molecule has 24 heavy (non-hydrogen) atoms. The van der Waals surface area contributed by atoms with E-state index in [1.54, 1.807) is 37.7 Å². The van der Waals surface area contributed by atoms with Gasteiger partial charge < -0.3 is 15.0 Å². The third-order valence-corrected chi connectivity index (χ3v) is 4.21. The summed E-state index contributed by atoms with van der Waals surface area (Å²) in [5.74, 6) is 0.369. The average molecular weight is 329 g/mol. The molecule has 0 radical (unpaired) electrons. The largest absolute Gasteiger partial charge is 0.496 e. The van der Waals surface area contributed by atoms with E-state index in [2.05, 4.69) is 10.3 Å². The zero-order valence-electron chi connectivity index (χ0n) is 13.5. The van der Waals surface area contributed by atoms with E-state index < -0.39 is 0 Å². The molecule has 1 atom stereocenters. The number of halogens is 1. The summed E-state index contributed by atoms with van der Waals surface area (Å²) in [6.07, 6.45) is 4.10. The second-order valence-corrected chi connectivity index (χ2v) is 5.82. The van der Waals surface area contributed by atoms with Gasteiger partial charge in [0.25, 0.3) is 5.91 Å². The van der Waals surface area contributed by atoms with Crippen LogP contribution in [-0.2, 0) is 6.54 Å². The van der Waals surface area contributed by atoms with E-state index >= 15 is 0 Å². The molecule has 1 unspecified atom stereocenters. The molecule has 6 heteroatoms. The summed E-state index contributed by atoms with van der Waals surface area (Å²) < 4.78 is 18.7. The van der Waals surface area contributed by atoms with Crippen LogP contribution in [-0.4, -0.2) is 42.0 Å². The van der Waals surface area contributed by atoms with Crippen molar-refractivity contribution in [2.75, 3.05) is 20.2 Å². The molecule has 1 fully saturated rings. The highest BCUT2D eigenvalue weighted by Crippen LogP contribution is 2.20. The first kappa shape index (κ1) is 16.4. The first-order chi connectivity index (χ1) is 11.7. The Hall–Kier alpha value is -2.47. The fraction of sp³-hybridized carbons (Fsp3) is 0.333. The van der Waals surface area contributed by atoms with Crippen LogP contribution < -0.4 is 10.1 Å². The molecule has 0 aliphatic carbocycles. The van der Waals surface area contributed by atoms with Gasteiger partial charge in [0.1, 0.15) is 11.6 Å². The number of carbonyl (C=O) groups is 1. The number of likely N-dealkylation sites (tertiary alicyclic amines) is 1. The second kappa shape index (κ2) is 7.40. The molecule has 1 N–H and O–H groups in total. The van der Waals surface area contributed by atoms with Crippen molar-refractivity contribution in [3.8, 4) is 5.75 Å². The maximum Gasteiger partial charge on any atom is 0.255 e. The van der Waals surface area contributed by atoms with Gasteiger partial charge in [-0.05, 0) is 36.8 Å². The summed E-state index contributed by atoms with van der Waals surface area (Å²) in [4.78, 5) is 18.2. The fourth-order valence-corrected chi connectivity index (χ4v) is 2.92. The van der Waals surface area contributed by atoms with Crippen LogP contribution in [0.1, 0.15) is 22.3 Å². The molecule has 1 aliphatic heterocycles. The molecule has 1 aromatic heterocycles. The smallest absolute Gasteiger partial charge is 0.255 e. The topological polar surface area (TPSA) is 54.5 Å². The van der Waals surface area contributed by atoms with Gasteiger partial charge in [-0.2, -0.15) is 0 Å². The Morgan fingerprint density at radius 1 is 1.46 bits per heavy atom. The van der Waals surface area contributed by atoms with Crippen molar-refractivity contribution >= 4 is 5.91 Å². The van der Waals surface area contributed by atoms with E-state index in [-0.39, 0.29) is 17.8 Å². The molecule has 2 heterocycles. The van der Waals surface area contributed by atoms with Crippen molar-refractivity contribution in [1.82, 2.24) is 15.2 Å². The number of methoxy groups -OCH3 is 1. The van der Waals surface area contributed by atoms with Crippen LogP contribution in [0.3, 0.4) is 0 Å². The third-order valence-electron chi connectivity index (χ3n) is 4.21. The van der Waals surface area contributed by atoms with Gasteiger partial charge in [0, 0.05) is 43.6 Å². The Bertz CT molecular complexity index is 709. The minimum Gasteiger partial charge on any atom is -0.496 e. The first-order valence-corrected chi connectivity index (χ1v) is 7.92. The van der Waals surface area contributed by atoms with Crippen molar-refractivity contribution in [1.29, 1.82) is 0 Å². The summed E-state index contributed by atoms with van der Waals surface area (Å²) in [6, 6.07) is 8.19. The van der Waals surface area contributed by atoms with Gasteiger partial charge in [-0.25, -0.2) is 4.39 Å². The van der Waals surface area contributed by atoms with Crippen molar-refractivity contribution < 1.29 is 13.9 Å².